The number of nitrogens with zero attached hydrogens (tertiary/aromatic N) is 2. The van der Waals surface area contributed by atoms with Crippen LogP contribution in [0.25, 0.3) is 0 Å². The van der Waals surface area contributed by atoms with Gasteiger partial charge in [0.1, 0.15) is 5.02 Å². The smallest absolute Gasteiger partial charge is 0.288 e. The Morgan fingerprint density at radius 1 is 1.19 bits per heavy atom. The predicted octanol–water partition coefficient (Wildman–Crippen LogP) is 3.79. The first-order chi connectivity index (χ1) is 10.2. The fraction of sp³-hybridized carbons (Fsp3) is 0.267. The molecule has 0 saturated heterocycles. The Morgan fingerprint density at radius 3 is 2.67 bits per heavy atom. The molecule has 0 N–H and O–H groups in total. The molecule has 0 aliphatic rings. The molecule has 110 valence electrons. The van der Waals surface area contributed by atoms with Crippen LogP contribution in [0.2, 0.25) is 5.02 Å². The molecule has 0 bridgehead atoms. The lowest BCUT2D eigenvalue weighted by molar-refractivity contribution is -0.384. The molecule has 1 heterocycles. The van der Waals surface area contributed by atoms with Crippen LogP contribution < -0.4 is 0 Å². The zero-order chi connectivity index (χ0) is 15.1. The van der Waals surface area contributed by atoms with Crippen LogP contribution in [0.3, 0.4) is 0 Å². The average molecular weight is 307 g/mol. The predicted molar refractivity (Wildman–Crippen MR) is 80.3 cm³/mol. The Labute approximate surface area is 127 Å². The summed E-state index contributed by atoms with van der Waals surface area (Å²) in [6, 6.07) is 8.66. The van der Waals surface area contributed by atoms with E-state index in [1.54, 1.807) is 18.5 Å². The molecule has 1 aromatic heterocycles. The van der Waals surface area contributed by atoms with Crippen LogP contribution in [0.15, 0.2) is 42.7 Å². The molecular weight excluding hydrogens is 292 g/mol. The van der Waals surface area contributed by atoms with E-state index >= 15 is 0 Å². The Balaban J connectivity index is 1.76. The molecule has 1 aromatic carbocycles. The summed E-state index contributed by atoms with van der Waals surface area (Å²) in [5.74, 6) is 0. The fourth-order valence-electron chi connectivity index (χ4n) is 1.91. The van der Waals surface area contributed by atoms with E-state index in [9.17, 15) is 10.1 Å². The highest BCUT2D eigenvalue weighted by atomic mass is 35.5. The Kier molecular flexibility index (Phi) is 5.66. The van der Waals surface area contributed by atoms with E-state index in [0.717, 1.165) is 18.4 Å². The Morgan fingerprint density at radius 2 is 1.95 bits per heavy atom. The van der Waals surface area contributed by atoms with Crippen molar-refractivity contribution in [1.29, 1.82) is 0 Å². The van der Waals surface area contributed by atoms with Crippen molar-refractivity contribution in [2.24, 2.45) is 0 Å². The third-order valence-corrected chi connectivity index (χ3v) is 3.30. The van der Waals surface area contributed by atoms with Gasteiger partial charge in [-0.15, -0.1) is 0 Å². The monoisotopic (exact) mass is 306 g/mol. The molecule has 2 aromatic rings. The summed E-state index contributed by atoms with van der Waals surface area (Å²) in [4.78, 5) is 14.3. The summed E-state index contributed by atoms with van der Waals surface area (Å²) in [6.45, 7) is 0.938. The van der Waals surface area contributed by atoms with Crippen molar-refractivity contribution in [3.05, 3.63) is 69.0 Å². The number of ether oxygens (including phenoxy) is 1. The molecule has 21 heavy (non-hydrogen) atoms. The molecule has 0 fully saturated rings. The Hall–Kier alpha value is -1.98. The van der Waals surface area contributed by atoms with Crippen molar-refractivity contribution in [3.63, 3.8) is 0 Å². The second kappa shape index (κ2) is 7.71. The van der Waals surface area contributed by atoms with E-state index in [-0.39, 0.29) is 10.7 Å². The van der Waals surface area contributed by atoms with Gasteiger partial charge in [0.15, 0.2) is 0 Å². The molecule has 2 rings (SSSR count). The van der Waals surface area contributed by atoms with Gasteiger partial charge in [-0.1, -0.05) is 17.7 Å². The number of nitro benzene ring substituents is 1. The lowest BCUT2D eigenvalue weighted by Crippen LogP contribution is -1.99. The highest BCUT2D eigenvalue weighted by Gasteiger charge is 2.12. The summed E-state index contributed by atoms with van der Waals surface area (Å²) in [5.41, 5.74) is 1.88. The maximum atomic E-state index is 10.8. The van der Waals surface area contributed by atoms with Crippen molar-refractivity contribution in [2.75, 3.05) is 6.61 Å². The molecule has 0 atom stereocenters. The van der Waals surface area contributed by atoms with Crippen LogP contribution in [-0.2, 0) is 17.8 Å². The Bertz CT molecular complexity index is 605. The van der Waals surface area contributed by atoms with Crippen molar-refractivity contribution in [1.82, 2.24) is 4.98 Å². The van der Waals surface area contributed by atoms with Crippen molar-refractivity contribution >= 4 is 17.3 Å². The van der Waals surface area contributed by atoms with Crippen LogP contribution in [0.1, 0.15) is 17.5 Å². The van der Waals surface area contributed by atoms with E-state index in [1.807, 2.05) is 12.1 Å². The largest absolute Gasteiger partial charge is 0.377 e. The minimum atomic E-state index is -0.491. The molecule has 0 unspecified atom stereocenters. The van der Waals surface area contributed by atoms with E-state index in [1.165, 1.54) is 17.7 Å². The first kappa shape index (κ1) is 15.4. The number of pyridine rings is 1. The van der Waals surface area contributed by atoms with E-state index < -0.39 is 4.92 Å². The second-order valence-electron chi connectivity index (χ2n) is 4.55. The number of aryl methyl sites for hydroxylation is 1. The van der Waals surface area contributed by atoms with Gasteiger partial charge in [0.25, 0.3) is 5.69 Å². The maximum absolute atomic E-state index is 10.8. The maximum Gasteiger partial charge on any atom is 0.288 e. The molecule has 0 spiro atoms. The van der Waals surface area contributed by atoms with Gasteiger partial charge in [0.2, 0.25) is 0 Å². The third-order valence-electron chi connectivity index (χ3n) is 2.98. The van der Waals surface area contributed by atoms with Gasteiger partial charge in [-0.25, -0.2) is 0 Å². The number of hydrogen-bond donors (Lipinski definition) is 0. The normalized spacial score (nSPS) is 10.5. The summed E-state index contributed by atoms with van der Waals surface area (Å²) >= 11 is 5.76. The van der Waals surface area contributed by atoms with Crippen LogP contribution in [0, 0.1) is 10.1 Å². The first-order valence-electron chi connectivity index (χ1n) is 6.56. The highest BCUT2D eigenvalue weighted by molar-refractivity contribution is 6.32. The van der Waals surface area contributed by atoms with Crippen molar-refractivity contribution < 1.29 is 9.66 Å². The highest BCUT2D eigenvalue weighted by Crippen LogP contribution is 2.25. The summed E-state index contributed by atoms with van der Waals surface area (Å²) in [5, 5.41) is 10.9. The minimum absolute atomic E-state index is 0.0884. The third kappa shape index (κ3) is 4.81. The van der Waals surface area contributed by atoms with Gasteiger partial charge in [0, 0.05) is 25.1 Å². The number of hydrogen-bond acceptors (Lipinski definition) is 4. The molecule has 6 heteroatoms. The summed E-state index contributed by atoms with van der Waals surface area (Å²) in [7, 11) is 0. The summed E-state index contributed by atoms with van der Waals surface area (Å²) in [6.07, 6.45) is 5.34. The molecule has 0 aliphatic heterocycles. The standard InChI is InChI=1S/C15H15ClN2O3/c16-14-4-3-13(10-15(14)18(19)20)11-21-9-1-2-12-5-7-17-8-6-12/h3-8,10H,1-2,9,11H2. The van der Waals surface area contributed by atoms with Gasteiger partial charge < -0.3 is 4.74 Å². The molecule has 0 radical (unpaired) electrons. The summed E-state index contributed by atoms with van der Waals surface area (Å²) < 4.78 is 5.53. The van der Waals surface area contributed by atoms with Crippen molar-refractivity contribution in [3.8, 4) is 0 Å². The first-order valence-corrected chi connectivity index (χ1v) is 6.94. The van der Waals surface area contributed by atoms with Gasteiger partial charge in [0.05, 0.1) is 11.5 Å². The molecule has 5 nitrogen and oxygen atoms in total. The van der Waals surface area contributed by atoms with Gasteiger partial charge in [-0.2, -0.15) is 0 Å². The lowest BCUT2D eigenvalue weighted by atomic mass is 10.1. The number of aromatic nitrogens is 1. The van der Waals surface area contributed by atoms with Crippen LogP contribution in [-0.4, -0.2) is 16.5 Å². The molecular formula is C15H15ClN2O3. The average Bonchev–Trinajstić information content (AvgIpc) is 2.49. The fourth-order valence-corrected chi connectivity index (χ4v) is 2.09. The second-order valence-corrected chi connectivity index (χ2v) is 4.96. The lowest BCUT2D eigenvalue weighted by Gasteiger charge is -2.05. The quantitative estimate of drug-likeness (QED) is 0.443. The molecule has 0 amide bonds. The number of halogens is 1. The van der Waals surface area contributed by atoms with E-state index in [0.29, 0.717) is 13.2 Å². The zero-order valence-corrected chi connectivity index (χ0v) is 12.1. The zero-order valence-electron chi connectivity index (χ0n) is 11.4. The minimum Gasteiger partial charge on any atom is -0.377 e. The van der Waals surface area contributed by atoms with Gasteiger partial charge in [-0.3, -0.25) is 15.1 Å². The van der Waals surface area contributed by atoms with Gasteiger partial charge >= 0.3 is 0 Å². The van der Waals surface area contributed by atoms with E-state index in [2.05, 4.69) is 4.98 Å². The van der Waals surface area contributed by atoms with Crippen molar-refractivity contribution in [2.45, 2.75) is 19.4 Å². The molecule has 0 saturated carbocycles. The van der Waals surface area contributed by atoms with Crippen LogP contribution >= 0.6 is 11.6 Å². The topological polar surface area (TPSA) is 65.3 Å². The number of rotatable bonds is 7. The SMILES string of the molecule is O=[N+]([O-])c1cc(COCCCc2ccncc2)ccc1Cl. The van der Waals surface area contributed by atoms with E-state index in [4.69, 9.17) is 16.3 Å². The molecule has 0 aliphatic carbocycles. The number of nitro groups is 1. The van der Waals surface area contributed by atoms with Crippen LogP contribution in [0.4, 0.5) is 5.69 Å². The number of benzene rings is 1. The van der Waals surface area contributed by atoms with Crippen LogP contribution in [0.5, 0.6) is 0 Å². The van der Waals surface area contributed by atoms with Gasteiger partial charge in [-0.05, 0) is 42.2 Å².